The van der Waals surface area contributed by atoms with Crippen LogP contribution in [0.5, 0.6) is 0 Å². The van der Waals surface area contributed by atoms with Gasteiger partial charge in [-0.1, -0.05) is 198 Å². The van der Waals surface area contributed by atoms with Crippen LogP contribution in [-0.2, 0) is 16.2 Å². The molecule has 0 unspecified atom stereocenters. The van der Waals surface area contributed by atoms with Crippen molar-refractivity contribution in [3.8, 4) is 27.9 Å². The Bertz CT molecular complexity index is 3390. The van der Waals surface area contributed by atoms with E-state index < -0.39 is 5.41 Å². The van der Waals surface area contributed by atoms with Crippen LogP contribution in [0.2, 0.25) is 0 Å². The lowest BCUT2D eigenvalue weighted by Gasteiger charge is -2.42. The van der Waals surface area contributed by atoms with Gasteiger partial charge in [-0.05, 0) is 122 Å². The van der Waals surface area contributed by atoms with Crippen LogP contribution in [0.1, 0.15) is 73.9 Å². The molecule has 0 bridgehead atoms. The van der Waals surface area contributed by atoms with Gasteiger partial charge in [-0.2, -0.15) is 0 Å². The van der Waals surface area contributed by atoms with Crippen LogP contribution in [0.3, 0.4) is 0 Å². The first-order chi connectivity index (χ1) is 31.7. The van der Waals surface area contributed by atoms with Gasteiger partial charge in [0.15, 0.2) is 0 Å². The van der Waals surface area contributed by atoms with Crippen LogP contribution in [0, 0.1) is 0 Å². The Hall–Kier alpha value is -7.42. The van der Waals surface area contributed by atoms with E-state index in [0.29, 0.717) is 0 Å². The number of benzene rings is 9. The van der Waals surface area contributed by atoms with Crippen LogP contribution in [-0.4, -0.2) is 4.57 Å². The number of rotatable bonds is 7. The molecule has 0 N–H and O–H groups in total. The highest BCUT2D eigenvalue weighted by Crippen LogP contribution is 2.58. The van der Waals surface area contributed by atoms with Gasteiger partial charge in [0.25, 0.3) is 0 Å². The van der Waals surface area contributed by atoms with E-state index in [9.17, 15) is 0 Å². The summed E-state index contributed by atoms with van der Waals surface area (Å²) in [6, 6.07) is 81.6. The van der Waals surface area contributed by atoms with Gasteiger partial charge in [0.1, 0.15) is 0 Å². The number of fused-ring (bicyclic) bond motifs is 7. The fourth-order valence-corrected chi connectivity index (χ4v) is 11.6. The maximum absolute atomic E-state index is 2.52. The predicted octanol–water partition coefficient (Wildman–Crippen LogP) is 16.6. The SMILES string of the molecule is CC1(C)CCC(C)(C)c2cc(-n3c4ccccc4c4ccc(N(c5ccc6c(c5)C(c5ccccc5)(c5ccccc5)c5ccccc5-6)c5ccccc5-c5ccccc5)cc43)ccc21. The van der Waals surface area contributed by atoms with E-state index in [1.165, 1.54) is 96.0 Å². The van der Waals surface area contributed by atoms with E-state index in [1.807, 2.05) is 0 Å². The zero-order valence-corrected chi connectivity index (χ0v) is 37.6. The standard InChI is InChI=1S/C63H52N2/c1-61(2)38-39-62(3,4)57-41-47(34-37-55(57)61)65-59-31-19-16-28-52(59)53-36-33-48(42-60(53)65)64(58-30-18-15-26-49(58)43-20-8-5-9-21-43)46-32-35-51-50-27-14-17-29-54(50)63(56(51)40-46,44-22-10-6-11-23-44)45-24-12-7-13-25-45/h5-37,40-42H,38-39H2,1-4H3. The summed E-state index contributed by atoms with van der Waals surface area (Å²) in [4.78, 5) is 2.51. The lowest BCUT2D eigenvalue weighted by molar-refractivity contribution is 0.332. The van der Waals surface area contributed by atoms with E-state index >= 15 is 0 Å². The molecular weight excluding hydrogens is 785 g/mol. The Labute approximate surface area is 383 Å². The van der Waals surface area contributed by atoms with Crippen molar-refractivity contribution in [3.05, 3.63) is 252 Å². The van der Waals surface area contributed by atoms with Crippen LogP contribution >= 0.6 is 0 Å². The number of nitrogens with zero attached hydrogens (tertiary/aromatic N) is 2. The third kappa shape index (κ3) is 6.00. The normalized spacial score (nSPS) is 15.3. The van der Waals surface area contributed by atoms with Crippen molar-refractivity contribution in [2.75, 3.05) is 4.90 Å². The molecule has 0 fully saturated rings. The minimum atomic E-state index is -0.528. The largest absolute Gasteiger partial charge is 0.310 e. The minimum Gasteiger partial charge on any atom is -0.310 e. The molecule has 2 heteroatoms. The zero-order valence-electron chi connectivity index (χ0n) is 37.6. The highest BCUT2D eigenvalue weighted by atomic mass is 15.1. The van der Waals surface area contributed by atoms with Crippen molar-refractivity contribution in [1.29, 1.82) is 0 Å². The van der Waals surface area contributed by atoms with Gasteiger partial charge in [0.2, 0.25) is 0 Å². The molecule has 0 atom stereocenters. The monoisotopic (exact) mass is 836 g/mol. The van der Waals surface area contributed by atoms with Crippen LogP contribution in [0.25, 0.3) is 49.7 Å². The first-order valence-electron chi connectivity index (χ1n) is 23.2. The second kappa shape index (κ2) is 14.8. The van der Waals surface area contributed by atoms with Crippen molar-refractivity contribution in [2.45, 2.75) is 56.8 Å². The topological polar surface area (TPSA) is 8.17 Å². The maximum atomic E-state index is 2.52. The molecule has 10 aromatic rings. The molecule has 0 aliphatic heterocycles. The molecule has 2 aliphatic rings. The van der Waals surface area contributed by atoms with Gasteiger partial charge in [0.05, 0.1) is 22.1 Å². The molecule has 65 heavy (non-hydrogen) atoms. The van der Waals surface area contributed by atoms with Gasteiger partial charge >= 0.3 is 0 Å². The molecule has 12 rings (SSSR count). The summed E-state index contributed by atoms with van der Waals surface area (Å²) in [5, 5.41) is 2.50. The fourth-order valence-electron chi connectivity index (χ4n) is 11.6. The molecule has 2 aliphatic carbocycles. The van der Waals surface area contributed by atoms with Crippen molar-refractivity contribution >= 4 is 38.9 Å². The van der Waals surface area contributed by atoms with E-state index in [4.69, 9.17) is 0 Å². The Morgan fingerprint density at radius 3 is 1.68 bits per heavy atom. The Balaban J connectivity index is 1.14. The summed E-state index contributed by atoms with van der Waals surface area (Å²) in [6.45, 7) is 9.68. The average Bonchev–Trinajstić information content (AvgIpc) is 3.84. The fraction of sp³-hybridized carbons (Fsp3) is 0.143. The molecule has 314 valence electrons. The summed E-state index contributed by atoms with van der Waals surface area (Å²) in [6.07, 6.45) is 2.36. The Morgan fingerprint density at radius 1 is 0.385 bits per heavy atom. The minimum absolute atomic E-state index is 0.0880. The molecule has 0 amide bonds. The first kappa shape index (κ1) is 39.2. The van der Waals surface area contributed by atoms with Crippen molar-refractivity contribution in [1.82, 2.24) is 4.57 Å². The summed E-state index contributed by atoms with van der Waals surface area (Å²) in [7, 11) is 0. The van der Waals surface area contributed by atoms with Crippen molar-refractivity contribution in [2.24, 2.45) is 0 Å². The summed E-state index contributed by atoms with van der Waals surface area (Å²) in [5.74, 6) is 0. The molecule has 0 spiro atoms. The smallest absolute Gasteiger partial charge is 0.0714 e. The second-order valence-corrected chi connectivity index (χ2v) is 19.5. The zero-order chi connectivity index (χ0) is 43.9. The number of hydrogen-bond acceptors (Lipinski definition) is 1. The lowest BCUT2D eigenvalue weighted by atomic mass is 9.63. The molecule has 9 aromatic carbocycles. The molecular formula is C63H52N2. The predicted molar refractivity (Wildman–Crippen MR) is 273 cm³/mol. The Kier molecular flexibility index (Phi) is 8.94. The summed E-state index contributed by atoms with van der Waals surface area (Å²) >= 11 is 0. The Morgan fingerprint density at radius 2 is 0.938 bits per heavy atom. The summed E-state index contributed by atoms with van der Waals surface area (Å²) < 4.78 is 2.52. The molecule has 0 radical (unpaired) electrons. The van der Waals surface area contributed by atoms with Crippen LogP contribution < -0.4 is 4.90 Å². The number of hydrogen-bond donors (Lipinski definition) is 0. The van der Waals surface area contributed by atoms with E-state index in [-0.39, 0.29) is 10.8 Å². The van der Waals surface area contributed by atoms with Crippen LogP contribution in [0.15, 0.2) is 218 Å². The molecule has 2 nitrogen and oxygen atoms in total. The van der Waals surface area contributed by atoms with Gasteiger partial charge in [0, 0.05) is 33.4 Å². The van der Waals surface area contributed by atoms with Crippen LogP contribution in [0.4, 0.5) is 17.1 Å². The van der Waals surface area contributed by atoms with Gasteiger partial charge in [-0.15, -0.1) is 0 Å². The van der Waals surface area contributed by atoms with E-state index in [0.717, 1.165) is 17.1 Å². The number of aromatic nitrogens is 1. The lowest BCUT2D eigenvalue weighted by Crippen LogP contribution is -2.33. The van der Waals surface area contributed by atoms with E-state index in [1.54, 1.807) is 0 Å². The molecule has 0 saturated heterocycles. The van der Waals surface area contributed by atoms with Gasteiger partial charge < -0.3 is 9.47 Å². The van der Waals surface area contributed by atoms with Gasteiger partial charge in [-0.3, -0.25) is 0 Å². The van der Waals surface area contributed by atoms with Crippen molar-refractivity contribution in [3.63, 3.8) is 0 Å². The second-order valence-electron chi connectivity index (χ2n) is 19.5. The van der Waals surface area contributed by atoms with Crippen molar-refractivity contribution < 1.29 is 0 Å². The molecule has 1 heterocycles. The third-order valence-electron chi connectivity index (χ3n) is 14.9. The van der Waals surface area contributed by atoms with E-state index in [2.05, 4.69) is 256 Å². The van der Waals surface area contributed by atoms with Gasteiger partial charge in [-0.25, -0.2) is 0 Å². The third-order valence-corrected chi connectivity index (χ3v) is 14.9. The quantitative estimate of drug-likeness (QED) is 0.155. The molecule has 1 aromatic heterocycles. The molecule has 0 saturated carbocycles. The maximum Gasteiger partial charge on any atom is 0.0714 e. The average molecular weight is 837 g/mol. The summed E-state index contributed by atoms with van der Waals surface area (Å²) in [5.41, 5.74) is 19.6. The first-order valence-corrected chi connectivity index (χ1v) is 23.2. The highest BCUT2D eigenvalue weighted by molar-refractivity contribution is 6.10. The highest BCUT2D eigenvalue weighted by Gasteiger charge is 2.46. The number of para-hydroxylation sites is 2. The number of anilines is 3.